The van der Waals surface area contributed by atoms with Gasteiger partial charge >= 0.3 is 0 Å². The van der Waals surface area contributed by atoms with Gasteiger partial charge in [-0.05, 0) is 38.3 Å². The van der Waals surface area contributed by atoms with Crippen molar-refractivity contribution in [3.63, 3.8) is 0 Å². The number of aryl methyl sites for hydroxylation is 2. The molecule has 1 aromatic heterocycles. The summed E-state index contributed by atoms with van der Waals surface area (Å²) in [6.07, 6.45) is 5.48. The second-order valence-corrected chi connectivity index (χ2v) is 7.40. The first-order chi connectivity index (χ1) is 12.0. The number of aromatic nitrogens is 2. The quantitative estimate of drug-likeness (QED) is 0.786. The van der Waals surface area contributed by atoms with Crippen LogP contribution >= 0.6 is 11.6 Å². The molecule has 3 rings (SSSR count). The summed E-state index contributed by atoms with van der Waals surface area (Å²) in [6.45, 7) is 4.47. The summed E-state index contributed by atoms with van der Waals surface area (Å²) in [6, 6.07) is 7.75. The summed E-state index contributed by atoms with van der Waals surface area (Å²) < 4.78 is 1.85. The van der Waals surface area contributed by atoms with Crippen LogP contribution in [0, 0.1) is 19.8 Å². The molecule has 0 aliphatic heterocycles. The first-order valence-electron chi connectivity index (χ1n) is 9.04. The zero-order chi connectivity index (χ0) is 18.0. The fourth-order valence-electron chi connectivity index (χ4n) is 3.79. The monoisotopic (exact) mass is 359 g/mol. The Morgan fingerprint density at radius 1 is 1.24 bits per heavy atom. The molecule has 2 aromatic rings. The maximum atomic E-state index is 13.4. The van der Waals surface area contributed by atoms with Gasteiger partial charge in [-0.2, -0.15) is 5.10 Å². The zero-order valence-corrected chi connectivity index (χ0v) is 16.0. The number of nitrogens with zero attached hydrogens (tertiary/aromatic N) is 3. The Bertz CT molecular complexity index is 762. The Balaban J connectivity index is 1.98. The number of hydrogen-bond acceptors (Lipinski definition) is 2. The van der Waals surface area contributed by atoms with Crippen molar-refractivity contribution in [2.45, 2.75) is 52.5 Å². The van der Waals surface area contributed by atoms with Crippen LogP contribution in [-0.2, 0) is 18.4 Å². The van der Waals surface area contributed by atoms with Gasteiger partial charge in [-0.3, -0.25) is 9.48 Å². The number of rotatable bonds is 4. The van der Waals surface area contributed by atoms with Gasteiger partial charge < -0.3 is 4.90 Å². The van der Waals surface area contributed by atoms with Crippen molar-refractivity contribution >= 4 is 23.2 Å². The molecular weight excluding hydrogens is 334 g/mol. The molecule has 0 spiro atoms. The molecule has 0 atom stereocenters. The molecule has 0 radical (unpaired) electrons. The lowest BCUT2D eigenvalue weighted by atomic mass is 9.88. The number of halogens is 1. The smallest absolute Gasteiger partial charge is 0.230 e. The zero-order valence-electron chi connectivity index (χ0n) is 15.3. The number of amides is 1. The minimum Gasteiger partial charge on any atom is -0.304 e. The van der Waals surface area contributed by atoms with Crippen LogP contribution in [0.4, 0.5) is 5.69 Å². The third-order valence-corrected chi connectivity index (χ3v) is 5.62. The first-order valence-corrected chi connectivity index (χ1v) is 9.42. The molecule has 1 aromatic carbocycles. The van der Waals surface area contributed by atoms with E-state index in [1.54, 1.807) is 0 Å². The van der Waals surface area contributed by atoms with E-state index in [4.69, 9.17) is 11.6 Å². The summed E-state index contributed by atoms with van der Waals surface area (Å²) in [7, 11) is 1.92. The number of carbonyl (C=O) groups is 1. The lowest BCUT2D eigenvalue weighted by molar-refractivity contribution is -0.123. The fraction of sp³-hybridized carbons (Fsp3) is 0.500. The van der Waals surface area contributed by atoms with Gasteiger partial charge in [-0.25, -0.2) is 0 Å². The van der Waals surface area contributed by atoms with E-state index in [-0.39, 0.29) is 11.8 Å². The van der Waals surface area contributed by atoms with Gasteiger partial charge in [0.2, 0.25) is 5.91 Å². The van der Waals surface area contributed by atoms with Gasteiger partial charge in [-0.1, -0.05) is 49.1 Å². The summed E-state index contributed by atoms with van der Waals surface area (Å²) in [5.74, 6) is 0.314. The Morgan fingerprint density at radius 2 is 1.92 bits per heavy atom. The average Bonchev–Trinajstić information content (AvgIpc) is 2.87. The maximum absolute atomic E-state index is 13.4. The summed E-state index contributed by atoms with van der Waals surface area (Å²) >= 11 is 6.37. The van der Waals surface area contributed by atoms with Gasteiger partial charge in [0.1, 0.15) is 0 Å². The van der Waals surface area contributed by atoms with Crippen LogP contribution in [0.3, 0.4) is 0 Å². The van der Waals surface area contributed by atoms with Crippen LogP contribution < -0.4 is 4.90 Å². The molecule has 1 heterocycles. The van der Waals surface area contributed by atoms with Crippen molar-refractivity contribution < 1.29 is 4.79 Å². The highest BCUT2D eigenvalue weighted by Gasteiger charge is 2.30. The third-order valence-electron chi connectivity index (χ3n) is 5.25. The minimum absolute atomic E-state index is 0.107. The fourth-order valence-corrected chi connectivity index (χ4v) is 3.98. The van der Waals surface area contributed by atoms with Crippen LogP contribution in [0.5, 0.6) is 0 Å². The normalized spacial score (nSPS) is 15.4. The van der Waals surface area contributed by atoms with E-state index < -0.39 is 0 Å². The number of benzene rings is 1. The molecule has 0 unspecified atom stereocenters. The van der Waals surface area contributed by atoms with Crippen LogP contribution in [-0.4, -0.2) is 15.7 Å². The Hall–Kier alpha value is -1.81. The molecule has 1 amide bonds. The van der Waals surface area contributed by atoms with E-state index in [0.717, 1.165) is 48.3 Å². The molecule has 1 saturated carbocycles. The molecule has 0 N–H and O–H groups in total. The second-order valence-electron chi connectivity index (χ2n) is 6.99. The van der Waals surface area contributed by atoms with Gasteiger partial charge in [0.25, 0.3) is 0 Å². The Kier molecular flexibility index (Phi) is 5.48. The van der Waals surface area contributed by atoms with Crippen LogP contribution in [0.15, 0.2) is 24.3 Å². The van der Waals surface area contributed by atoms with Gasteiger partial charge in [0.15, 0.2) is 0 Å². The molecule has 1 fully saturated rings. The topological polar surface area (TPSA) is 38.1 Å². The van der Waals surface area contributed by atoms with Crippen molar-refractivity contribution in [3.05, 3.63) is 46.2 Å². The summed E-state index contributed by atoms with van der Waals surface area (Å²) in [4.78, 5) is 15.3. The van der Waals surface area contributed by atoms with Crippen molar-refractivity contribution in [1.82, 2.24) is 9.78 Å². The highest BCUT2D eigenvalue weighted by Crippen LogP contribution is 2.32. The first kappa shape index (κ1) is 18.0. The van der Waals surface area contributed by atoms with Crippen LogP contribution in [0.1, 0.15) is 49.1 Å². The predicted molar refractivity (Wildman–Crippen MR) is 102 cm³/mol. The molecule has 1 aliphatic carbocycles. The lowest BCUT2D eigenvalue weighted by Crippen LogP contribution is -2.37. The maximum Gasteiger partial charge on any atom is 0.230 e. The van der Waals surface area contributed by atoms with Gasteiger partial charge in [-0.15, -0.1) is 0 Å². The Morgan fingerprint density at radius 3 is 2.52 bits per heavy atom. The van der Waals surface area contributed by atoms with Gasteiger partial charge in [0, 0.05) is 18.0 Å². The number of hydrogen-bond donors (Lipinski definition) is 0. The van der Waals surface area contributed by atoms with Crippen molar-refractivity contribution in [2.24, 2.45) is 13.0 Å². The molecule has 0 bridgehead atoms. The molecule has 5 heteroatoms. The van der Waals surface area contributed by atoms with Gasteiger partial charge in [0.05, 0.1) is 23.6 Å². The molecule has 25 heavy (non-hydrogen) atoms. The standard InChI is InChI=1S/C20H26ClN3O/c1-14-19(15(2)23(3)22-14)24(13-17-11-7-8-12-18(17)21)20(25)16-9-5-4-6-10-16/h7-8,11-12,16H,4-6,9-10,13H2,1-3H3. The SMILES string of the molecule is Cc1nn(C)c(C)c1N(Cc1ccccc1Cl)C(=O)C1CCCCC1. The van der Waals surface area contributed by atoms with E-state index in [9.17, 15) is 4.79 Å². The number of carbonyl (C=O) groups excluding carboxylic acids is 1. The van der Waals surface area contributed by atoms with Crippen LogP contribution in [0.2, 0.25) is 5.02 Å². The predicted octanol–water partition coefficient (Wildman–Crippen LogP) is 4.80. The molecule has 1 aliphatic rings. The largest absolute Gasteiger partial charge is 0.304 e. The minimum atomic E-state index is 0.107. The van der Waals surface area contributed by atoms with Crippen LogP contribution in [0.25, 0.3) is 0 Å². The highest BCUT2D eigenvalue weighted by atomic mass is 35.5. The molecule has 0 saturated heterocycles. The lowest BCUT2D eigenvalue weighted by Gasteiger charge is -2.30. The van der Waals surface area contributed by atoms with E-state index in [1.165, 1.54) is 6.42 Å². The van der Waals surface area contributed by atoms with E-state index in [0.29, 0.717) is 11.6 Å². The number of anilines is 1. The highest BCUT2D eigenvalue weighted by molar-refractivity contribution is 6.31. The van der Waals surface area contributed by atoms with E-state index in [1.807, 2.05) is 54.7 Å². The van der Waals surface area contributed by atoms with E-state index >= 15 is 0 Å². The van der Waals surface area contributed by atoms with E-state index in [2.05, 4.69) is 5.10 Å². The third kappa shape index (κ3) is 3.74. The molecule has 134 valence electrons. The average molecular weight is 360 g/mol. The van der Waals surface area contributed by atoms with Crippen molar-refractivity contribution in [2.75, 3.05) is 4.90 Å². The van der Waals surface area contributed by atoms with Crippen molar-refractivity contribution in [3.8, 4) is 0 Å². The molecular formula is C20H26ClN3O. The van der Waals surface area contributed by atoms with Crippen molar-refractivity contribution in [1.29, 1.82) is 0 Å². The second kappa shape index (κ2) is 7.61. The molecule has 4 nitrogen and oxygen atoms in total. The Labute approximate surface area is 154 Å². The summed E-state index contributed by atoms with van der Waals surface area (Å²) in [5.41, 5.74) is 3.79. The summed E-state index contributed by atoms with van der Waals surface area (Å²) in [5, 5.41) is 5.21.